The van der Waals surface area contributed by atoms with E-state index in [4.69, 9.17) is 0 Å². The first-order valence-electron chi connectivity index (χ1n) is 10.8. The van der Waals surface area contributed by atoms with Crippen LogP contribution >= 0.6 is 0 Å². The number of sulfonamides is 1. The average Bonchev–Trinajstić information content (AvgIpc) is 2.94. The van der Waals surface area contributed by atoms with E-state index in [0.29, 0.717) is 63.5 Å². The summed E-state index contributed by atoms with van der Waals surface area (Å²) in [4.78, 5) is 31.1. The zero-order valence-corrected chi connectivity index (χ0v) is 18.7. The van der Waals surface area contributed by atoms with Gasteiger partial charge >= 0.3 is 0 Å². The summed E-state index contributed by atoms with van der Waals surface area (Å²) in [5.41, 5.74) is 1.17. The Hall–Kier alpha value is -2.13. The van der Waals surface area contributed by atoms with E-state index in [1.807, 2.05) is 23.6 Å². The minimum Gasteiger partial charge on any atom is -0.342 e. The Bertz CT molecular complexity index is 852. The molecule has 0 aromatic heterocycles. The molecule has 2 amide bonds. The van der Waals surface area contributed by atoms with E-state index >= 15 is 0 Å². The Kier molecular flexibility index (Phi) is 7.36. The molecule has 30 heavy (non-hydrogen) atoms. The topological polar surface area (TPSA) is 81.2 Å². The van der Waals surface area contributed by atoms with Crippen molar-refractivity contribution in [1.29, 1.82) is 0 Å². The third-order valence-corrected chi connectivity index (χ3v) is 7.72. The van der Waals surface area contributed by atoms with Crippen LogP contribution in [0.3, 0.4) is 0 Å². The fourth-order valence-corrected chi connectivity index (χ4v) is 5.65. The first-order chi connectivity index (χ1) is 14.4. The van der Waals surface area contributed by atoms with Crippen molar-refractivity contribution in [1.82, 2.24) is 14.7 Å². The average molecular weight is 437 g/mol. The van der Waals surface area contributed by atoms with Gasteiger partial charge in [-0.1, -0.05) is 0 Å². The van der Waals surface area contributed by atoms with Crippen molar-refractivity contribution in [3.05, 3.63) is 29.8 Å². The molecule has 0 saturated carbocycles. The Labute approximate surface area is 179 Å². The van der Waals surface area contributed by atoms with Gasteiger partial charge in [0.05, 0.1) is 18.0 Å². The van der Waals surface area contributed by atoms with Crippen LogP contribution in [0, 0.1) is 0 Å². The van der Waals surface area contributed by atoms with Crippen molar-refractivity contribution in [2.24, 2.45) is 0 Å². The quantitative estimate of drug-likeness (QED) is 0.670. The minimum absolute atomic E-state index is 0.0530. The van der Waals surface area contributed by atoms with E-state index in [2.05, 4.69) is 4.90 Å². The number of anilines is 1. The van der Waals surface area contributed by atoms with Gasteiger partial charge in [-0.05, 0) is 51.0 Å². The summed E-state index contributed by atoms with van der Waals surface area (Å²) < 4.78 is 25.6. The zero-order chi connectivity index (χ0) is 21.7. The van der Waals surface area contributed by atoms with Gasteiger partial charge in [0.1, 0.15) is 0 Å². The fourth-order valence-electron chi connectivity index (χ4n) is 4.08. The molecule has 2 heterocycles. The molecule has 0 bridgehead atoms. The maximum Gasteiger partial charge on any atom is 0.253 e. The zero-order valence-electron chi connectivity index (χ0n) is 17.9. The molecule has 2 fully saturated rings. The second kappa shape index (κ2) is 9.78. The van der Waals surface area contributed by atoms with Gasteiger partial charge in [-0.25, -0.2) is 8.42 Å². The molecule has 2 aliphatic heterocycles. The second-order valence-electron chi connectivity index (χ2n) is 7.78. The van der Waals surface area contributed by atoms with Gasteiger partial charge in [0, 0.05) is 51.4 Å². The molecular weight excluding hydrogens is 404 g/mol. The third kappa shape index (κ3) is 5.13. The molecule has 1 aromatic rings. The maximum absolute atomic E-state index is 12.9. The molecule has 2 saturated heterocycles. The summed E-state index contributed by atoms with van der Waals surface area (Å²) in [6.07, 6.45) is 1.45. The Balaban J connectivity index is 1.59. The number of nitrogens with zero attached hydrogens (tertiary/aromatic N) is 4. The maximum atomic E-state index is 12.9. The third-order valence-electron chi connectivity index (χ3n) is 5.85. The first kappa shape index (κ1) is 22.6. The lowest BCUT2D eigenvalue weighted by atomic mass is 10.1. The van der Waals surface area contributed by atoms with E-state index in [0.717, 1.165) is 13.0 Å². The number of likely N-dealkylation sites (N-methyl/N-ethyl adjacent to an activating group) is 1. The first-order valence-corrected chi connectivity index (χ1v) is 12.4. The molecule has 0 unspecified atom stereocenters. The summed E-state index contributed by atoms with van der Waals surface area (Å²) in [6.45, 7) is 8.95. The summed E-state index contributed by atoms with van der Waals surface area (Å²) in [5, 5.41) is 0. The van der Waals surface area contributed by atoms with Gasteiger partial charge in [0.25, 0.3) is 5.91 Å². The summed E-state index contributed by atoms with van der Waals surface area (Å²) >= 11 is 0. The predicted molar refractivity (Wildman–Crippen MR) is 117 cm³/mol. The number of carbonyl (C=O) groups excluding carboxylic acids is 2. The van der Waals surface area contributed by atoms with Crippen LogP contribution in [0.25, 0.3) is 0 Å². The Morgan fingerprint density at radius 2 is 1.63 bits per heavy atom. The lowest BCUT2D eigenvalue weighted by molar-refractivity contribution is -0.132. The molecule has 166 valence electrons. The number of carbonyl (C=O) groups is 2. The van der Waals surface area contributed by atoms with Gasteiger partial charge < -0.3 is 9.80 Å². The highest BCUT2D eigenvalue weighted by Crippen LogP contribution is 2.24. The van der Waals surface area contributed by atoms with Gasteiger partial charge in [-0.2, -0.15) is 0 Å². The second-order valence-corrected chi connectivity index (χ2v) is 9.79. The van der Waals surface area contributed by atoms with Crippen LogP contribution in [0.2, 0.25) is 0 Å². The molecule has 0 atom stereocenters. The van der Waals surface area contributed by atoms with E-state index in [1.54, 1.807) is 24.3 Å². The summed E-state index contributed by atoms with van der Waals surface area (Å²) in [7, 11) is -3.22. The van der Waals surface area contributed by atoms with Gasteiger partial charge in [0.15, 0.2) is 0 Å². The predicted octanol–water partition coefficient (Wildman–Crippen LogP) is 1.24. The molecule has 0 N–H and O–H groups in total. The minimum atomic E-state index is -3.22. The highest BCUT2D eigenvalue weighted by molar-refractivity contribution is 7.93. The molecule has 2 aliphatic rings. The molecular formula is C21H32N4O4S. The molecule has 8 nitrogen and oxygen atoms in total. The van der Waals surface area contributed by atoms with Gasteiger partial charge in [0.2, 0.25) is 15.9 Å². The standard InChI is InChI=1S/C21H32N4O4S/c1-3-23(4-2)20(26)17-22-11-5-12-24(15-14-22)21(27)18-7-9-19(10-8-18)25-13-6-16-30(25,28)29/h7-10H,3-6,11-17H2,1-2H3. The number of hydrogen-bond acceptors (Lipinski definition) is 5. The molecule has 0 aliphatic carbocycles. The van der Waals surface area contributed by atoms with E-state index in [-0.39, 0.29) is 17.6 Å². The van der Waals surface area contributed by atoms with E-state index in [9.17, 15) is 18.0 Å². The molecule has 1 aromatic carbocycles. The number of rotatable bonds is 6. The number of amides is 2. The SMILES string of the molecule is CCN(CC)C(=O)CN1CCCN(C(=O)c2ccc(N3CCCS3(=O)=O)cc2)CC1. The molecule has 0 spiro atoms. The van der Waals surface area contributed by atoms with Gasteiger partial charge in [-0.15, -0.1) is 0 Å². The highest BCUT2D eigenvalue weighted by atomic mass is 32.2. The van der Waals surface area contributed by atoms with Crippen molar-refractivity contribution in [3.8, 4) is 0 Å². The van der Waals surface area contributed by atoms with Crippen molar-refractivity contribution in [2.45, 2.75) is 26.7 Å². The summed E-state index contributed by atoms with van der Waals surface area (Å²) in [6, 6.07) is 6.84. The number of benzene rings is 1. The van der Waals surface area contributed by atoms with Crippen LogP contribution in [0.5, 0.6) is 0 Å². The Morgan fingerprint density at radius 1 is 0.933 bits per heavy atom. The molecule has 3 rings (SSSR count). The van der Waals surface area contributed by atoms with Crippen molar-refractivity contribution >= 4 is 27.5 Å². The van der Waals surface area contributed by atoms with Crippen molar-refractivity contribution in [3.63, 3.8) is 0 Å². The van der Waals surface area contributed by atoms with Crippen molar-refractivity contribution < 1.29 is 18.0 Å². The molecule has 9 heteroatoms. The largest absolute Gasteiger partial charge is 0.342 e. The lowest BCUT2D eigenvalue weighted by Crippen LogP contribution is -2.42. The normalized spacial score (nSPS) is 19.5. The van der Waals surface area contributed by atoms with Crippen LogP contribution in [-0.4, -0.2) is 93.0 Å². The van der Waals surface area contributed by atoms with E-state index < -0.39 is 10.0 Å². The highest BCUT2D eigenvalue weighted by Gasteiger charge is 2.29. The summed E-state index contributed by atoms with van der Waals surface area (Å²) in [5.74, 6) is 0.254. The van der Waals surface area contributed by atoms with Crippen LogP contribution in [0.15, 0.2) is 24.3 Å². The fraction of sp³-hybridized carbons (Fsp3) is 0.619. The smallest absolute Gasteiger partial charge is 0.253 e. The molecule has 0 radical (unpaired) electrons. The van der Waals surface area contributed by atoms with Crippen LogP contribution < -0.4 is 4.31 Å². The number of hydrogen-bond donors (Lipinski definition) is 0. The monoisotopic (exact) mass is 436 g/mol. The van der Waals surface area contributed by atoms with Crippen LogP contribution in [-0.2, 0) is 14.8 Å². The van der Waals surface area contributed by atoms with Crippen LogP contribution in [0.1, 0.15) is 37.0 Å². The van der Waals surface area contributed by atoms with E-state index in [1.165, 1.54) is 4.31 Å². The van der Waals surface area contributed by atoms with Crippen molar-refractivity contribution in [2.75, 3.05) is 62.4 Å². The van der Waals surface area contributed by atoms with Crippen LogP contribution in [0.4, 0.5) is 5.69 Å². The lowest BCUT2D eigenvalue weighted by Gasteiger charge is -2.25. The van der Waals surface area contributed by atoms with Gasteiger partial charge in [-0.3, -0.25) is 18.8 Å². The Morgan fingerprint density at radius 3 is 2.23 bits per heavy atom.